The van der Waals surface area contributed by atoms with Gasteiger partial charge in [0, 0.05) is 12.0 Å². The molecule has 1 N–H and O–H groups in total. The van der Waals surface area contributed by atoms with Crippen LogP contribution in [0.2, 0.25) is 0 Å². The van der Waals surface area contributed by atoms with E-state index in [9.17, 15) is 37.1 Å². The Morgan fingerprint density at radius 2 is 2.00 bits per heavy atom. The molecule has 11 heteroatoms. The summed E-state index contributed by atoms with van der Waals surface area (Å²) in [5, 5.41) is 18.1. The second kappa shape index (κ2) is 8.53. The minimum atomic E-state index is -5.23. The zero-order chi connectivity index (χ0) is 22.1. The molecule has 29 heavy (non-hydrogen) atoms. The summed E-state index contributed by atoms with van der Waals surface area (Å²) in [7, 11) is 0. The van der Waals surface area contributed by atoms with Crippen LogP contribution in [0.5, 0.6) is 0 Å². The monoisotopic (exact) mass is 438 g/mol. The molecule has 2 rings (SSSR count). The molecule has 0 aromatic carbocycles. The van der Waals surface area contributed by atoms with E-state index in [2.05, 4.69) is 4.98 Å². The Bertz CT molecular complexity index is 891. The number of alkyl halides is 6. The molecular formula is C18H16ClF5N2O3. The topological polar surface area (TPSA) is 83.2 Å². The normalized spacial score (nSPS) is 18.7. The average molecular weight is 439 g/mol. The third kappa shape index (κ3) is 4.61. The molecule has 1 atom stereocenters. The van der Waals surface area contributed by atoms with Crippen LogP contribution in [0, 0.1) is 17.2 Å². The van der Waals surface area contributed by atoms with Crippen molar-refractivity contribution in [2.45, 2.75) is 44.7 Å². The van der Waals surface area contributed by atoms with Crippen molar-refractivity contribution >= 4 is 23.1 Å². The molecule has 1 unspecified atom stereocenters. The Kier molecular flexibility index (Phi) is 6.73. The van der Waals surface area contributed by atoms with Crippen molar-refractivity contribution < 1.29 is 36.6 Å². The number of allylic oxidation sites excluding steroid dienone is 2. The van der Waals surface area contributed by atoms with Crippen molar-refractivity contribution in [3.05, 3.63) is 33.8 Å². The number of aromatic nitrogens is 1. The molecule has 1 aliphatic rings. The molecule has 2 heterocycles. The predicted molar refractivity (Wildman–Crippen MR) is 92.4 cm³/mol. The summed E-state index contributed by atoms with van der Waals surface area (Å²) in [6, 6.07) is 1.58. The van der Waals surface area contributed by atoms with Crippen LogP contribution in [0.3, 0.4) is 0 Å². The lowest BCUT2D eigenvalue weighted by molar-refractivity contribution is -0.141. The Morgan fingerprint density at radius 1 is 1.38 bits per heavy atom. The summed E-state index contributed by atoms with van der Waals surface area (Å²) < 4.78 is 73.4. The summed E-state index contributed by atoms with van der Waals surface area (Å²) >= 11 is 6.04. The number of hydrogen-bond donors (Lipinski definition) is 1. The largest absolute Gasteiger partial charge is 0.495 e. The number of carbonyl (C=O) groups is 1. The molecule has 1 fully saturated rings. The fourth-order valence-corrected chi connectivity index (χ4v) is 3.36. The summed E-state index contributed by atoms with van der Waals surface area (Å²) in [6.07, 6.45) is -8.89. The van der Waals surface area contributed by atoms with Gasteiger partial charge in [0.1, 0.15) is 23.1 Å². The minimum absolute atomic E-state index is 0.0455. The van der Waals surface area contributed by atoms with E-state index in [4.69, 9.17) is 16.3 Å². The number of pyridine rings is 1. The minimum Gasteiger partial charge on any atom is -0.495 e. The van der Waals surface area contributed by atoms with Gasteiger partial charge >= 0.3 is 12.1 Å². The SMILES string of the molecule is CC(C)Cc1c(C(=O)O)c(C(F)F)nc(C(F)(F)F)c1C(C#N)=C1OCCC1Cl. The van der Waals surface area contributed by atoms with Gasteiger partial charge in [-0.05, 0) is 17.9 Å². The summed E-state index contributed by atoms with van der Waals surface area (Å²) in [6.45, 7) is 3.19. The molecule has 1 aliphatic heterocycles. The third-order valence-electron chi connectivity index (χ3n) is 4.15. The highest BCUT2D eigenvalue weighted by atomic mass is 35.5. The van der Waals surface area contributed by atoms with Gasteiger partial charge in [0.25, 0.3) is 6.43 Å². The molecule has 1 saturated heterocycles. The van der Waals surface area contributed by atoms with Crippen LogP contribution in [0.4, 0.5) is 22.0 Å². The summed E-state index contributed by atoms with van der Waals surface area (Å²) in [5.74, 6) is -2.54. The Morgan fingerprint density at radius 3 is 2.38 bits per heavy atom. The number of halogens is 6. The Balaban J connectivity index is 3.09. The highest BCUT2D eigenvalue weighted by Gasteiger charge is 2.43. The highest BCUT2D eigenvalue weighted by Crippen LogP contribution is 2.42. The van der Waals surface area contributed by atoms with Crippen molar-refractivity contribution in [3.8, 4) is 6.07 Å². The van der Waals surface area contributed by atoms with Gasteiger partial charge in [-0.1, -0.05) is 13.8 Å². The zero-order valence-corrected chi connectivity index (χ0v) is 16.0. The lowest BCUT2D eigenvalue weighted by atomic mass is 9.87. The van der Waals surface area contributed by atoms with Gasteiger partial charge < -0.3 is 9.84 Å². The first-order valence-corrected chi connectivity index (χ1v) is 8.90. The van der Waals surface area contributed by atoms with E-state index in [0.717, 1.165) is 0 Å². The van der Waals surface area contributed by atoms with Crippen LogP contribution in [-0.4, -0.2) is 28.0 Å². The number of carboxylic acid groups (broad SMARTS) is 1. The van der Waals surface area contributed by atoms with E-state index in [1.807, 2.05) is 0 Å². The molecule has 0 saturated carbocycles. The molecular weight excluding hydrogens is 423 g/mol. The number of ether oxygens (including phenoxy) is 1. The van der Waals surface area contributed by atoms with E-state index >= 15 is 0 Å². The average Bonchev–Trinajstić information content (AvgIpc) is 3.00. The fourth-order valence-electron chi connectivity index (χ4n) is 3.09. The van der Waals surface area contributed by atoms with Gasteiger partial charge in [-0.25, -0.2) is 18.6 Å². The number of nitriles is 1. The quantitative estimate of drug-likeness (QED) is 0.388. The Labute approximate surface area is 167 Å². The first-order chi connectivity index (χ1) is 13.4. The van der Waals surface area contributed by atoms with Crippen molar-refractivity contribution in [1.29, 1.82) is 5.26 Å². The molecule has 0 spiro atoms. The van der Waals surface area contributed by atoms with E-state index in [1.165, 1.54) is 0 Å². The molecule has 5 nitrogen and oxygen atoms in total. The molecule has 1 aromatic rings. The zero-order valence-electron chi connectivity index (χ0n) is 15.3. The van der Waals surface area contributed by atoms with Crippen LogP contribution in [0.15, 0.2) is 5.76 Å². The maximum Gasteiger partial charge on any atom is 0.434 e. The number of rotatable bonds is 5. The van der Waals surface area contributed by atoms with Gasteiger partial charge in [0.05, 0.1) is 17.5 Å². The van der Waals surface area contributed by atoms with Gasteiger partial charge in [0.2, 0.25) is 0 Å². The maximum atomic E-state index is 13.8. The number of hydrogen-bond acceptors (Lipinski definition) is 4. The van der Waals surface area contributed by atoms with Gasteiger partial charge in [-0.2, -0.15) is 18.4 Å². The van der Waals surface area contributed by atoms with Crippen molar-refractivity contribution in [1.82, 2.24) is 4.98 Å². The lowest BCUT2D eigenvalue weighted by Crippen LogP contribution is -2.22. The standard InChI is InChI=1S/C18H16ClF5N2O3/c1-7(2)5-8-11(9(6-25)14-10(19)3-4-29-14)15(18(22,23)24)26-13(16(20)21)12(8)17(27)28/h7,10,16H,3-5H2,1-2H3,(H,27,28). The second-order valence-electron chi connectivity index (χ2n) is 6.73. The molecule has 1 aromatic heterocycles. The van der Waals surface area contributed by atoms with Crippen LogP contribution >= 0.6 is 11.6 Å². The van der Waals surface area contributed by atoms with E-state index < -0.39 is 63.5 Å². The van der Waals surface area contributed by atoms with Gasteiger partial charge in [0.15, 0.2) is 5.69 Å². The van der Waals surface area contributed by atoms with Crippen LogP contribution < -0.4 is 0 Å². The summed E-state index contributed by atoms with van der Waals surface area (Å²) in [4.78, 5) is 14.7. The van der Waals surface area contributed by atoms with Crippen molar-refractivity contribution in [2.24, 2.45) is 5.92 Å². The molecule has 0 aliphatic carbocycles. The maximum absolute atomic E-state index is 13.8. The summed E-state index contributed by atoms with van der Waals surface area (Å²) in [5.41, 5.74) is -6.39. The Hall–Kier alpha value is -2.41. The lowest BCUT2D eigenvalue weighted by Gasteiger charge is -2.22. The highest BCUT2D eigenvalue weighted by molar-refractivity contribution is 6.23. The smallest absolute Gasteiger partial charge is 0.434 e. The fraction of sp³-hybridized carbons (Fsp3) is 0.500. The van der Waals surface area contributed by atoms with Crippen molar-refractivity contribution in [2.75, 3.05) is 6.61 Å². The first kappa shape index (κ1) is 22.9. The molecule has 0 bridgehead atoms. The van der Waals surface area contributed by atoms with E-state index in [0.29, 0.717) is 0 Å². The number of nitrogens with zero attached hydrogens (tertiary/aromatic N) is 2. The second-order valence-corrected chi connectivity index (χ2v) is 7.26. The number of carboxylic acids is 1. The van der Waals surface area contributed by atoms with Gasteiger partial charge in [-0.3, -0.25) is 0 Å². The van der Waals surface area contributed by atoms with Crippen LogP contribution in [0.25, 0.3) is 5.57 Å². The van der Waals surface area contributed by atoms with Crippen LogP contribution in [0.1, 0.15) is 59.6 Å². The van der Waals surface area contributed by atoms with E-state index in [-0.39, 0.29) is 25.2 Å². The van der Waals surface area contributed by atoms with Crippen molar-refractivity contribution in [3.63, 3.8) is 0 Å². The third-order valence-corrected chi connectivity index (χ3v) is 4.57. The first-order valence-electron chi connectivity index (χ1n) is 8.47. The predicted octanol–water partition coefficient (Wildman–Crippen LogP) is 5.20. The van der Waals surface area contributed by atoms with Crippen LogP contribution in [-0.2, 0) is 17.3 Å². The van der Waals surface area contributed by atoms with E-state index in [1.54, 1.807) is 19.9 Å². The molecule has 0 radical (unpaired) electrons. The molecule has 0 amide bonds. The number of aromatic carboxylic acids is 1. The van der Waals surface area contributed by atoms with Gasteiger partial charge in [-0.15, -0.1) is 11.6 Å². The molecule has 158 valence electrons.